The quantitative estimate of drug-likeness (QED) is 0.0740. The van der Waals surface area contributed by atoms with Crippen molar-refractivity contribution in [2.24, 2.45) is 0 Å². The maximum Gasteiger partial charge on any atom is 0.0486 e. The highest BCUT2D eigenvalue weighted by molar-refractivity contribution is 7.87. The summed E-state index contributed by atoms with van der Waals surface area (Å²) >= 11 is 0. The molecule has 0 aliphatic heterocycles. The topological polar surface area (TPSA) is 23.9 Å². The van der Waals surface area contributed by atoms with Crippen molar-refractivity contribution in [1.29, 1.82) is 5.16 Å². The van der Waals surface area contributed by atoms with Gasteiger partial charge in [0.05, 0.1) is 0 Å². The highest BCUT2D eigenvalue weighted by Crippen LogP contribution is 2.43. The Morgan fingerprint density at radius 2 is 0.559 bits per heavy atom. The zero-order valence-corrected chi connectivity index (χ0v) is 36.3. The van der Waals surface area contributed by atoms with E-state index < -0.39 is 31.7 Å². The molecule has 0 aromatic heterocycles. The summed E-state index contributed by atoms with van der Waals surface area (Å²) in [4.78, 5) is 0. The van der Waals surface area contributed by atoms with Crippen LogP contribution in [0.5, 0.6) is 0 Å². The van der Waals surface area contributed by atoms with Gasteiger partial charge >= 0.3 is 0 Å². The summed E-state index contributed by atoms with van der Waals surface area (Å²) in [5, 5.41) is 26.3. The van der Waals surface area contributed by atoms with E-state index in [2.05, 4.69) is 255 Å². The Bertz CT molecular complexity index is 2560. The van der Waals surface area contributed by atoms with Crippen molar-refractivity contribution in [1.82, 2.24) is 0 Å². The van der Waals surface area contributed by atoms with E-state index in [1.165, 1.54) is 47.4 Å². The summed E-state index contributed by atoms with van der Waals surface area (Å²) in [7, 11) is -6.57. The van der Waals surface area contributed by atoms with E-state index >= 15 is 0 Å². The smallest absolute Gasteiger partial charge is 0.0486 e. The van der Waals surface area contributed by atoms with Crippen LogP contribution in [0, 0.1) is 5.16 Å². The average molecular weight is 827 g/mol. The van der Waals surface area contributed by atoms with Gasteiger partial charge in [-0.15, -0.1) is 0 Å². The van der Waals surface area contributed by atoms with Gasteiger partial charge in [-0.2, -0.15) is 15.6 Å². The molecular weight excluding hydrogens is 784 g/mol. The third kappa shape index (κ3) is 7.91. The van der Waals surface area contributed by atoms with E-state index in [-0.39, 0.29) is 0 Å². The van der Waals surface area contributed by atoms with Gasteiger partial charge in [0.15, 0.2) is 0 Å². The maximum atomic E-state index is 11.0. The lowest BCUT2D eigenvalue weighted by atomic mass is 10.3. The largest absolute Gasteiger partial charge is 0.305 e. The molecule has 5 heteroatoms. The third-order valence-corrected chi connectivity index (χ3v) is 22.5. The second kappa shape index (κ2) is 18.1. The molecule has 59 heavy (non-hydrogen) atoms. The number of rotatable bonds is 12. The lowest BCUT2D eigenvalue weighted by Crippen LogP contribution is -2.63. The number of hydrogen-bond donors (Lipinski definition) is 1. The fourth-order valence-corrected chi connectivity index (χ4v) is 20.5. The van der Waals surface area contributed by atoms with Crippen LogP contribution in [0.2, 0.25) is 0 Å². The minimum atomic E-state index is -2.88. The molecule has 1 N–H and O–H groups in total. The van der Waals surface area contributed by atoms with Gasteiger partial charge in [0.1, 0.15) is 0 Å². The first-order valence-electron chi connectivity index (χ1n) is 19.9. The minimum Gasteiger partial charge on any atom is -0.305 e. The fraction of sp³-hybridized carbons (Fsp3) is 0. The Balaban J connectivity index is 1.38. The molecule has 0 fully saturated rings. The van der Waals surface area contributed by atoms with Gasteiger partial charge in [0.25, 0.3) is 0 Å². The van der Waals surface area contributed by atoms with E-state index in [1.807, 2.05) is 0 Å². The highest BCUT2D eigenvalue weighted by atomic mass is 31.2. The lowest BCUT2D eigenvalue weighted by Gasteiger charge is -2.43. The predicted octanol–water partition coefficient (Wildman–Crippen LogP) is 7.78. The summed E-state index contributed by atoms with van der Waals surface area (Å²) < 4.78 is 0. The fourth-order valence-electron chi connectivity index (χ4n) is 8.07. The van der Waals surface area contributed by atoms with Gasteiger partial charge in [-0.05, 0) is 63.6 Å². The van der Waals surface area contributed by atoms with Gasteiger partial charge in [0.2, 0.25) is 0 Å². The molecule has 0 amide bonds. The molecule has 0 aliphatic carbocycles. The van der Waals surface area contributed by atoms with Gasteiger partial charge in [0, 0.05) is 7.05 Å². The van der Waals surface area contributed by atoms with Gasteiger partial charge in [-0.3, -0.25) is 0 Å². The second-order valence-electron chi connectivity index (χ2n) is 14.3. The summed E-state index contributed by atoms with van der Waals surface area (Å²) in [5.74, 6) is 0. The van der Waals surface area contributed by atoms with Crippen molar-refractivity contribution in [3.05, 3.63) is 255 Å². The first-order valence-corrected chi connectivity index (χ1v) is 25.9. The Morgan fingerprint density at radius 1 is 0.288 bits per heavy atom. The molecule has 0 saturated heterocycles. The Morgan fingerprint density at radius 3 is 0.915 bits per heavy atom. The minimum absolute atomic E-state index is 0.925. The number of hydrogen-bond acceptors (Lipinski definition) is 1. The van der Waals surface area contributed by atoms with Crippen molar-refractivity contribution in [3.63, 3.8) is 0 Å². The second-order valence-corrected chi connectivity index (χ2v) is 23.9. The van der Waals surface area contributed by atoms with Crippen LogP contribution in [-0.2, 0) is 0 Å². The van der Waals surface area contributed by atoms with Crippen molar-refractivity contribution in [2.45, 2.75) is 0 Å². The Kier molecular flexibility index (Phi) is 11.9. The van der Waals surface area contributed by atoms with Crippen molar-refractivity contribution < 1.29 is 0 Å². The van der Waals surface area contributed by atoms with E-state index in [1.54, 1.807) is 0 Å². The average Bonchev–Trinajstić information content (AvgIpc) is 3.32. The lowest BCUT2D eigenvalue weighted by molar-refractivity contribution is 1.59. The molecule has 0 spiro atoms. The first-order chi connectivity index (χ1) is 29.2. The SMILES string of the molecule is N=P(c1ccccc1)(c1ccccc1)c1ccccc1[Si-](c1ccccc1P(c1ccccc1)c1ccccc1)c1ccccc1P(c1ccccc1)c1ccccc1. The monoisotopic (exact) mass is 826 g/mol. The van der Waals surface area contributed by atoms with Crippen molar-refractivity contribution in [2.75, 3.05) is 0 Å². The van der Waals surface area contributed by atoms with Gasteiger partial charge < -0.3 is 5.16 Å². The van der Waals surface area contributed by atoms with Crippen LogP contribution in [0.15, 0.2) is 255 Å². The zero-order valence-electron chi connectivity index (χ0n) is 32.6. The van der Waals surface area contributed by atoms with Gasteiger partial charge in [-0.1, -0.05) is 255 Å². The molecule has 0 aliphatic rings. The van der Waals surface area contributed by atoms with Crippen LogP contribution in [0.25, 0.3) is 0 Å². The molecular formula is C54H43NP3Si-. The molecule has 0 unspecified atom stereocenters. The molecule has 0 bridgehead atoms. The molecule has 9 aromatic rings. The highest BCUT2D eigenvalue weighted by Gasteiger charge is 2.29. The van der Waals surface area contributed by atoms with Crippen LogP contribution in [0.1, 0.15) is 0 Å². The predicted molar refractivity (Wildman–Crippen MR) is 263 cm³/mol. The molecule has 284 valence electrons. The zero-order chi connectivity index (χ0) is 39.9. The van der Waals surface area contributed by atoms with E-state index in [4.69, 9.17) is 0 Å². The van der Waals surface area contributed by atoms with Crippen LogP contribution in [-0.4, -0.2) is 8.80 Å². The standard InChI is InChI=1S/C54H43NP3Si/c55-58(47-33-15-5-16-34-47,48-35-17-6-18-36-48)51-39-21-24-42-54(51)59(52-40-22-19-37-49(52)56(43-25-7-1-8-26-43)44-27-9-2-10-28-44)53-41-23-20-38-50(53)57(45-29-11-3-12-30-45)46-31-13-4-14-32-46/h1-42,55H/q-1. The third-order valence-electron chi connectivity index (χ3n) is 10.7. The number of nitrogens with one attached hydrogen (secondary N) is 1. The van der Waals surface area contributed by atoms with Crippen LogP contribution < -0.4 is 63.3 Å². The summed E-state index contributed by atoms with van der Waals surface area (Å²) in [6.07, 6.45) is 0. The summed E-state index contributed by atoms with van der Waals surface area (Å²) in [6.45, 7) is 0. The molecule has 0 radical (unpaired) electrons. The molecule has 0 atom stereocenters. The van der Waals surface area contributed by atoms with E-state index in [0.29, 0.717) is 0 Å². The Labute approximate surface area is 353 Å². The van der Waals surface area contributed by atoms with Crippen LogP contribution in [0.3, 0.4) is 0 Å². The first kappa shape index (κ1) is 38.8. The molecule has 0 heterocycles. The summed E-state index contributed by atoms with van der Waals surface area (Å²) in [6, 6.07) is 93.2. The molecule has 0 saturated carbocycles. The molecule has 9 rings (SSSR count). The van der Waals surface area contributed by atoms with Gasteiger partial charge in [-0.25, -0.2) is 8.80 Å². The molecule has 9 aromatic carbocycles. The summed E-state index contributed by atoms with van der Waals surface area (Å²) in [5.41, 5.74) is 0. The van der Waals surface area contributed by atoms with Crippen molar-refractivity contribution >= 4 is 95.0 Å². The molecule has 1 nitrogen and oxygen atoms in total. The van der Waals surface area contributed by atoms with E-state index in [9.17, 15) is 5.16 Å². The Hall–Kier alpha value is -5.71. The number of benzene rings is 9. The maximum absolute atomic E-state index is 11.0. The van der Waals surface area contributed by atoms with Crippen LogP contribution in [0.4, 0.5) is 0 Å². The van der Waals surface area contributed by atoms with Crippen molar-refractivity contribution in [3.8, 4) is 0 Å². The van der Waals surface area contributed by atoms with Crippen LogP contribution >= 0.6 is 22.9 Å². The normalized spacial score (nSPS) is 11.4. The van der Waals surface area contributed by atoms with E-state index in [0.717, 1.165) is 15.9 Å².